The van der Waals surface area contributed by atoms with Gasteiger partial charge in [-0.1, -0.05) is 19.1 Å². The Morgan fingerprint density at radius 3 is 2.94 bits per heavy atom. The highest BCUT2D eigenvalue weighted by atomic mass is 127. The van der Waals surface area contributed by atoms with Gasteiger partial charge in [-0.05, 0) is 54.0 Å². The Balaban J connectivity index is 2.29. The van der Waals surface area contributed by atoms with Crippen LogP contribution in [0.2, 0.25) is 0 Å². The average molecular weight is 350 g/mol. The Hall–Kier alpha value is -0.970. The van der Waals surface area contributed by atoms with Crippen LogP contribution in [0.25, 0.3) is 6.08 Å². The molecule has 0 amide bonds. The van der Waals surface area contributed by atoms with E-state index in [1.807, 2.05) is 6.21 Å². The van der Waals surface area contributed by atoms with Crippen LogP contribution in [-0.2, 0) is 6.42 Å². The summed E-state index contributed by atoms with van der Waals surface area (Å²) in [5.41, 5.74) is 5.90. The second-order valence-electron chi connectivity index (χ2n) is 4.97. The number of aliphatic imine (C=N–C) groups is 2. The predicted molar refractivity (Wildman–Crippen MR) is 86.6 cm³/mol. The molecule has 2 aliphatic heterocycles. The third kappa shape index (κ3) is 2.05. The van der Waals surface area contributed by atoms with Gasteiger partial charge < -0.3 is 0 Å². The Morgan fingerprint density at radius 1 is 1.28 bits per heavy atom. The van der Waals surface area contributed by atoms with Gasteiger partial charge in [0.15, 0.2) is 0 Å². The van der Waals surface area contributed by atoms with Crippen molar-refractivity contribution >= 4 is 52.0 Å². The molecule has 0 saturated carbocycles. The fourth-order valence-corrected chi connectivity index (χ4v) is 3.16. The first-order valence-corrected chi connectivity index (χ1v) is 7.35. The highest BCUT2D eigenvalue weighted by molar-refractivity contribution is 14.1. The summed E-state index contributed by atoms with van der Waals surface area (Å²) in [5.74, 6) is 0.387. The van der Waals surface area contributed by atoms with Gasteiger partial charge >= 0.3 is 0 Å². The maximum absolute atomic E-state index is 4.73. The van der Waals surface area contributed by atoms with Crippen LogP contribution >= 0.6 is 22.6 Å². The normalized spacial score (nSPS) is 21.1. The van der Waals surface area contributed by atoms with E-state index in [1.54, 1.807) is 0 Å². The molecule has 2 aliphatic rings. The number of halogens is 1. The van der Waals surface area contributed by atoms with E-state index in [1.165, 1.54) is 20.4 Å². The minimum absolute atomic E-state index is 0.387. The van der Waals surface area contributed by atoms with Crippen LogP contribution < -0.4 is 0 Å². The van der Waals surface area contributed by atoms with Crippen molar-refractivity contribution in [2.24, 2.45) is 15.9 Å². The SMILES string of the molecule is CC1=Nc2c(cc(I)c3c2N=C[C@H](C)C=C3)CC1. The van der Waals surface area contributed by atoms with Gasteiger partial charge in [-0.25, -0.2) is 0 Å². The lowest BCUT2D eigenvalue weighted by atomic mass is 9.98. The fourth-order valence-electron chi connectivity index (χ4n) is 2.35. The zero-order chi connectivity index (χ0) is 12.7. The van der Waals surface area contributed by atoms with Gasteiger partial charge in [-0.15, -0.1) is 0 Å². The summed E-state index contributed by atoms with van der Waals surface area (Å²) >= 11 is 2.41. The Kier molecular flexibility index (Phi) is 3.09. The van der Waals surface area contributed by atoms with Crippen molar-refractivity contribution in [1.82, 2.24) is 0 Å². The largest absolute Gasteiger partial charge is 0.258 e. The van der Waals surface area contributed by atoms with Crippen molar-refractivity contribution in [2.45, 2.75) is 26.7 Å². The molecule has 0 fully saturated rings. The molecule has 92 valence electrons. The number of fused-ring (bicyclic) bond motifs is 3. The van der Waals surface area contributed by atoms with E-state index in [2.05, 4.69) is 59.6 Å². The summed E-state index contributed by atoms with van der Waals surface area (Å²) in [4.78, 5) is 9.41. The predicted octanol–water partition coefficient (Wildman–Crippen LogP) is 4.70. The van der Waals surface area contributed by atoms with Crippen LogP contribution in [0.1, 0.15) is 31.4 Å². The number of hydrogen-bond donors (Lipinski definition) is 0. The van der Waals surface area contributed by atoms with E-state index in [-0.39, 0.29) is 0 Å². The summed E-state index contributed by atoms with van der Waals surface area (Å²) < 4.78 is 1.28. The second-order valence-corrected chi connectivity index (χ2v) is 6.13. The smallest absolute Gasteiger partial charge is 0.0968 e. The van der Waals surface area contributed by atoms with Crippen LogP contribution in [0.5, 0.6) is 0 Å². The lowest BCUT2D eigenvalue weighted by Gasteiger charge is -2.17. The summed E-state index contributed by atoms with van der Waals surface area (Å²) in [7, 11) is 0. The van der Waals surface area contributed by atoms with Gasteiger partial charge in [0.25, 0.3) is 0 Å². The molecule has 3 rings (SSSR count). The van der Waals surface area contributed by atoms with Crippen molar-refractivity contribution in [3.63, 3.8) is 0 Å². The number of rotatable bonds is 0. The van der Waals surface area contributed by atoms with Crippen LogP contribution in [0, 0.1) is 9.49 Å². The highest BCUT2D eigenvalue weighted by Crippen LogP contribution is 2.42. The summed E-state index contributed by atoms with van der Waals surface area (Å²) in [6.45, 7) is 4.26. The quantitative estimate of drug-likeness (QED) is 0.606. The van der Waals surface area contributed by atoms with E-state index in [4.69, 9.17) is 4.99 Å². The van der Waals surface area contributed by atoms with Gasteiger partial charge in [0, 0.05) is 27.0 Å². The molecule has 0 spiro atoms. The molecule has 2 nitrogen and oxygen atoms in total. The first kappa shape index (κ1) is 12.1. The minimum Gasteiger partial charge on any atom is -0.258 e. The van der Waals surface area contributed by atoms with E-state index < -0.39 is 0 Å². The first-order chi connectivity index (χ1) is 8.65. The van der Waals surface area contributed by atoms with Gasteiger partial charge in [0.2, 0.25) is 0 Å². The zero-order valence-electron chi connectivity index (χ0n) is 10.6. The van der Waals surface area contributed by atoms with Crippen molar-refractivity contribution in [3.05, 3.63) is 26.8 Å². The van der Waals surface area contributed by atoms with Gasteiger partial charge in [-0.3, -0.25) is 9.98 Å². The molecule has 0 aliphatic carbocycles. The van der Waals surface area contributed by atoms with Crippen LogP contribution in [0.4, 0.5) is 11.4 Å². The third-order valence-corrected chi connectivity index (χ3v) is 4.30. The van der Waals surface area contributed by atoms with Crippen molar-refractivity contribution < 1.29 is 0 Å². The number of aryl methyl sites for hydroxylation is 1. The topological polar surface area (TPSA) is 24.7 Å². The van der Waals surface area contributed by atoms with Crippen molar-refractivity contribution in [3.8, 4) is 0 Å². The molecule has 0 unspecified atom stereocenters. The summed E-state index contributed by atoms with van der Waals surface area (Å²) in [5, 5.41) is 0. The Morgan fingerprint density at radius 2 is 2.11 bits per heavy atom. The number of allylic oxidation sites excluding steroid dienone is 1. The van der Waals surface area contributed by atoms with Gasteiger partial charge in [-0.2, -0.15) is 0 Å². The second kappa shape index (κ2) is 4.61. The van der Waals surface area contributed by atoms with E-state index in [0.717, 1.165) is 24.2 Å². The molecule has 18 heavy (non-hydrogen) atoms. The number of hydrogen-bond acceptors (Lipinski definition) is 2. The third-order valence-electron chi connectivity index (χ3n) is 3.41. The molecule has 3 heteroatoms. The maximum Gasteiger partial charge on any atom is 0.0968 e. The fraction of sp³-hybridized carbons (Fsp3) is 0.333. The van der Waals surface area contributed by atoms with E-state index >= 15 is 0 Å². The van der Waals surface area contributed by atoms with Crippen molar-refractivity contribution in [2.75, 3.05) is 0 Å². The van der Waals surface area contributed by atoms with Crippen LogP contribution in [0.3, 0.4) is 0 Å². The maximum atomic E-state index is 4.73. The standard InChI is InChI=1S/C15H15IN2/c1-9-3-6-12-13(16)7-11-5-4-10(2)18-14(11)15(12)17-8-9/h3,6-9H,4-5H2,1-2H3/t9-/m1/s1. The summed E-state index contributed by atoms with van der Waals surface area (Å²) in [6, 6.07) is 2.26. The zero-order valence-corrected chi connectivity index (χ0v) is 12.7. The molecule has 0 radical (unpaired) electrons. The Bertz CT molecular complexity index is 597. The van der Waals surface area contributed by atoms with Gasteiger partial charge in [0.05, 0.1) is 11.4 Å². The molecular formula is C15H15IN2. The molecule has 1 aromatic rings. The molecule has 0 N–H and O–H groups in total. The van der Waals surface area contributed by atoms with Crippen LogP contribution in [0.15, 0.2) is 22.1 Å². The van der Waals surface area contributed by atoms with Crippen molar-refractivity contribution in [1.29, 1.82) is 0 Å². The molecular weight excluding hydrogens is 335 g/mol. The van der Waals surface area contributed by atoms with E-state index in [0.29, 0.717) is 5.92 Å². The van der Waals surface area contributed by atoms with E-state index in [9.17, 15) is 0 Å². The lowest BCUT2D eigenvalue weighted by Crippen LogP contribution is -2.03. The highest BCUT2D eigenvalue weighted by Gasteiger charge is 2.19. The monoisotopic (exact) mass is 350 g/mol. The average Bonchev–Trinajstić information content (AvgIpc) is 2.54. The first-order valence-electron chi connectivity index (χ1n) is 6.27. The number of nitrogens with zero attached hydrogens (tertiary/aromatic N) is 2. The van der Waals surface area contributed by atoms with Gasteiger partial charge in [0.1, 0.15) is 0 Å². The summed E-state index contributed by atoms with van der Waals surface area (Å²) in [6.07, 6.45) is 8.55. The molecule has 0 aromatic heterocycles. The molecule has 1 atom stereocenters. The molecule has 1 aromatic carbocycles. The number of benzene rings is 1. The van der Waals surface area contributed by atoms with Crippen LogP contribution in [-0.4, -0.2) is 11.9 Å². The minimum atomic E-state index is 0.387. The molecule has 0 bridgehead atoms. The lowest BCUT2D eigenvalue weighted by molar-refractivity contribution is 0.998. The Labute approximate surface area is 121 Å². The molecule has 0 saturated heterocycles. The molecule has 2 heterocycles.